The number of hydrogen-bond acceptors (Lipinski definition) is 2. The second kappa shape index (κ2) is 3.95. The fourth-order valence-electron chi connectivity index (χ4n) is 2.44. The highest BCUT2D eigenvalue weighted by molar-refractivity contribution is 7.10. The molecule has 0 aliphatic carbocycles. The number of aryl methyl sites for hydroxylation is 1. The van der Waals surface area contributed by atoms with Crippen LogP contribution in [-0.4, -0.2) is 6.54 Å². The van der Waals surface area contributed by atoms with Gasteiger partial charge in [0.15, 0.2) is 0 Å². The lowest BCUT2D eigenvalue weighted by Crippen LogP contribution is -2.21. The molecule has 1 aliphatic heterocycles. The van der Waals surface area contributed by atoms with Crippen LogP contribution in [0, 0.1) is 6.92 Å². The van der Waals surface area contributed by atoms with Gasteiger partial charge >= 0.3 is 0 Å². The monoisotopic (exact) mass is 229 g/mol. The molecule has 1 aromatic heterocycles. The Labute approximate surface area is 100 Å². The van der Waals surface area contributed by atoms with E-state index in [-0.39, 0.29) is 0 Å². The van der Waals surface area contributed by atoms with E-state index < -0.39 is 0 Å². The third-order valence-corrected chi connectivity index (χ3v) is 4.33. The molecular weight excluding hydrogens is 214 g/mol. The zero-order chi connectivity index (χ0) is 11.0. The van der Waals surface area contributed by atoms with Gasteiger partial charge in [-0.2, -0.15) is 0 Å². The molecule has 0 spiro atoms. The Kier molecular flexibility index (Phi) is 2.44. The van der Waals surface area contributed by atoms with E-state index in [4.69, 9.17) is 0 Å². The fraction of sp³-hybridized carbons (Fsp3) is 0.286. The minimum Gasteiger partial charge on any atom is -0.384 e. The number of hydrogen-bond donors (Lipinski definition) is 1. The van der Waals surface area contributed by atoms with Gasteiger partial charge in [0.25, 0.3) is 0 Å². The summed E-state index contributed by atoms with van der Waals surface area (Å²) in [5, 5.41) is 5.74. The Morgan fingerprint density at radius 2 is 2.19 bits per heavy atom. The van der Waals surface area contributed by atoms with Crippen LogP contribution in [0.1, 0.15) is 21.9 Å². The fourth-order valence-corrected chi connectivity index (χ4v) is 3.27. The second-order valence-corrected chi connectivity index (χ2v) is 5.39. The molecule has 0 radical (unpaired) electrons. The van der Waals surface area contributed by atoms with E-state index in [2.05, 4.69) is 48.0 Å². The molecule has 0 saturated carbocycles. The molecule has 0 fully saturated rings. The van der Waals surface area contributed by atoms with Crippen molar-refractivity contribution in [3.8, 4) is 0 Å². The Morgan fingerprint density at radius 1 is 1.25 bits per heavy atom. The maximum Gasteiger partial charge on any atom is 0.0402 e. The largest absolute Gasteiger partial charge is 0.384 e. The van der Waals surface area contributed by atoms with E-state index >= 15 is 0 Å². The van der Waals surface area contributed by atoms with Crippen LogP contribution >= 0.6 is 11.3 Å². The van der Waals surface area contributed by atoms with Gasteiger partial charge in [0.2, 0.25) is 0 Å². The van der Waals surface area contributed by atoms with Gasteiger partial charge in [0.1, 0.15) is 0 Å². The normalized spacial score (nSPS) is 18.9. The molecule has 0 amide bonds. The third-order valence-electron chi connectivity index (χ3n) is 3.30. The van der Waals surface area contributed by atoms with Crippen LogP contribution in [0.15, 0.2) is 35.7 Å². The van der Waals surface area contributed by atoms with E-state index in [9.17, 15) is 0 Å². The first-order chi connectivity index (χ1) is 7.84. The van der Waals surface area contributed by atoms with Gasteiger partial charge in [-0.05, 0) is 35.9 Å². The Balaban J connectivity index is 1.92. The summed E-state index contributed by atoms with van der Waals surface area (Å²) in [6.45, 7) is 3.25. The van der Waals surface area contributed by atoms with Crippen LogP contribution < -0.4 is 5.32 Å². The smallest absolute Gasteiger partial charge is 0.0402 e. The maximum absolute atomic E-state index is 3.58. The van der Waals surface area contributed by atoms with Gasteiger partial charge in [-0.25, -0.2) is 0 Å². The standard InChI is InChI=1S/C14H15NS/c1-10-4-2-5-11-8-12(9-15-14(10)11)13-6-3-7-16-13/h2-7,12,15H,8-9H2,1H3. The summed E-state index contributed by atoms with van der Waals surface area (Å²) in [4.78, 5) is 1.50. The van der Waals surface area contributed by atoms with Gasteiger partial charge in [-0.15, -0.1) is 11.3 Å². The molecule has 0 saturated heterocycles. The van der Waals surface area contributed by atoms with Crippen molar-refractivity contribution in [1.29, 1.82) is 0 Å². The highest BCUT2D eigenvalue weighted by Gasteiger charge is 2.20. The maximum atomic E-state index is 3.58. The summed E-state index contributed by atoms with van der Waals surface area (Å²) in [7, 11) is 0. The molecule has 82 valence electrons. The van der Waals surface area contributed by atoms with Crippen LogP contribution in [0.3, 0.4) is 0 Å². The van der Waals surface area contributed by atoms with E-state index in [0.29, 0.717) is 5.92 Å². The predicted octanol–water partition coefficient (Wildman–Crippen LogP) is 3.81. The summed E-state index contributed by atoms with van der Waals surface area (Å²) < 4.78 is 0. The Hall–Kier alpha value is -1.28. The number of para-hydroxylation sites is 1. The molecule has 1 N–H and O–H groups in total. The number of fused-ring (bicyclic) bond motifs is 1. The van der Waals surface area contributed by atoms with Crippen molar-refractivity contribution >= 4 is 17.0 Å². The summed E-state index contributed by atoms with van der Waals surface area (Å²) >= 11 is 1.87. The molecule has 3 rings (SSSR count). The van der Waals surface area contributed by atoms with Crippen molar-refractivity contribution in [3.63, 3.8) is 0 Å². The molecule has 1 aromatic carbocycles. The molecular formula is C14H15NS. The van der Waals surface area contributed by atoms with Gasteiger partial charge in [-0.1, -0.05) is 24.3 Å². The quantitative estimate of drug-likeness (QED) is 0.784. The Morgan fingerprint density at radius 3 is 3.00 bits per heavy atom. The van der Waals surface area contributed by atoms with E-state index in [1.165, 1.54) is 28.1 Å². The first-order valence-electron chi connectivity index (χ1n) is 5.70. The lowest BCUT2D eigenvalue weighted by molar-refractivity contribution is 0.706. The summed E-state index contributed by atoms with van der Waals surface area (Å²) in [5.41, 5.74) is 4.18. The van der Waals surface area contributed by atoms with E-state index in [0.717, 1.165) is 6.54 Å². The molecule has 1 unspecified atom stereocenters. The number of nitrogens with one attached hydrogen (secondary N) is 1. The van der Waals surface area contributed by atoms with Crippen molar-refractivity contribution in [2.24, 2.45) is 0 Å². The van der Waals surface area contributed by atoms with Gasteiger partial charge in [0, 0.05) is 23.0 Å². The van der Waals surface area contributed by atoms with Gasteiger partial charge < -0.3 is 5.32 Å². The van der Waals surface area contributed by atoms with Crippen LogP contribution in [0.4, 0.5) is 5.69 Å². The SMILES string of the molecule is Cc1cccc2c1NCC(c1cccs1)C2. The van der Waals surface area contributed by atoms with E-state index in [1.807, 2.05) is 11.3 Å². The molecule has 2 aromatic rings. The summed E-state index contributed by atoms with van der Waals surface area (Å²) in [5.74, 6) is 0.647. The lowest BCUT2D eigenvalue weighted by Gasteiger charge is -2.26. The van der Waals surface area contributed by atoms with Crippen molar-refractivity contribution in [1.82, 2.24) is 0 Å². The minimum atomic E-state index is 0.647. The summed E-state index contributed by atoms with van der Waals surface area (Å²) in [6.07, 6.45) is 1.17. The summed E-state index contributed by atoms with van der Waals surface area (Å²) in [6, 6.07) is 11.0. The topological polar surface area (TPSA) is 12.0 Å². The minimum absolute atomic E-state index is 0.647. The highest BCUT2D eigenvalue weighted by atomic mass is 32.1. The van der Waals surface area contributed by atoms with Crippen LogP contribution in [0.25, 0.3) is 0 Å². The average Bonchev–Trinajstić information content (AvgIpc) is 2.82. The molecule has 1 atom stereocenters. The molecule has 2 heteroatoms. The zero-order valence-electron chi connectivity index (χ0n) is 9.36. The number of rotatable bonds is 1. The van der Waals surface area contributed by atoms with Gasteiger partial charge in [0.05, 0.1) is 0 Å². The molecule has 1 nitrogen and oxygen atoms in total. The third kappa shape index (κ3) is 1.63. The van der Waals surface area contributed by atoms with Crippen molar-refractivity contribution in [3.05, 3.63) is 51.7 Å². The lowest BCUT2D eigenvalue weighted by atomic mass is 9.91. The van der Waals surface area contributed by atoms with Crippen LogP contribution in [0.5, 0.6) is 0 Å². The van der Waals surface area contributed by atoms with Gasteiger partial charge in [-0.3, -0.25) is 0 Å². The van der Waals surface area contributed by atoms with Crippen molar-refractivity contribution in [2.45, 2.75) is 19.3 Å². The zero-order valence-corrected chi connectivity index (χ0v) is 10.2. The first-order valence-corrected chi connectivity index (χ1v) is 6.58. The number of thiophene rings is 1. The average molecular weight is 229 g/mol. The van der Waals surface area contributed by atoms with Crippen molar-refractivity contribution < 1.29 is 0 Å². The molecule has 16 heavy (non-hydrogen) atoms. The number of anilines is 1. The second-order valence-electron chi connectivity index (χ2n) is 4.41. The molecule has 0 bridgehead atoms. The highest BCUT2D eigenvalue weighted by Crippen LogP contribution is 2.33. The van der Waals surface area contributed by atoms with E-state index in [1.54, 1.807) is 0 Å². The first kappa shape index (κ1) is 9.91. The molecule has 2 heterocycles. The predicted molar refractivity (Wildman–Crippen MR) is 70.4 cm³/mol. The molecule has 1 aliphatic rings. The number of benzene rings is 1. The Bertz CT molecular complexity index is 487. The van der Waals surface area contributed by atoms with Crippen LogP contribution in [0.2, 0.25) is 0 Å². The van der Waals surface area contributed by atoms with Crippen molar-refractivity contribution in [2.75, 3.05) is 11.9 Å². The van der Waals surface area contributed by atoms with Crippen LogP contribution in [-0.2, 0) is 6.42 Å².